The number of aliphatic carboxylic acids is 1. The number of hydrogen-bond acceptors (Lipinski definition) is 5. The van der Waals surface area contributed by atoms with Gasteiger partial charge in [0.1, 0.15) is 5.71 Å². The Balaban J connectivity index is 1.58. The molecule has 2 saturated heterocycles. The molecule has 0 aromatic heterocycles. The Morgan fingerprint density at radius 1 is 1.22 bits per heavy atom. The van der Waals surface area contributed by atoms with Gasteiger partial charge in [0.2, 0.25) is 5.91 Å². The standard InChI is InChI=1S/C19H21N3O5/c23-16-7-6-15(20-22(16)14-4-2-1-3-5-14)17(24)21-10-13-11-27-9-8-19(13,12-21)18(25)26/h1-5,13H,6-12H2,(H,25,26)/t13-,19+/m0/s1. The average molecular weight is 371 g/mol. The van der Waals surface area contributed by atoms with E-state index >= 15 is 0 Å². The van der Waals surface area contributed by atoms with E-state index in [1.807, 2.05) is 6.07 Å². The topological polar surface area (TPSA) is 99.5 Å². The first-order valence-corrected chi connectivity index (χ1v) is 9.07. The highest BCUT2D eigenvalue weighted by atomic mass is 16.5. The van der Waals surface area contributed by atoms with Crippen LogP contribution in [0.4, 0.5) is 5.69 Å². The maximum absolute atomic E-state index is 13.0. The van der Waals surface area contributed by atoms with E-state index in [1.165, 1.54) is 5.01 Å². The number of carboxylic acid groups (broad SMARTS) is 1. The van der Waals surface area contributed by atoms with E-state index in [0.717, 1.165) is 0 Å². The number of carboxylic acids is 1. The van der Waals surface area contributed by atoms with Crippen LogP contribution < -0.4 is 5.01 Å². The number of para-hydroxylation sites is 1. The molecule has 3 heterocycles. The Morgan fingerprint density at radius 3 is 2.70 bits per heavy atom. The average Bonchev–Trinajstić information content (AvgIpc) is 3.10. The summed E-state index contributed by atoms with van der Waals surface area (Å²) in [5.74, 6) is -1.55. The van der Waals surface area contributed by atoms with E-state index in [4.69, 9.17) is 4.74 Å². The number of hydrazone groups is 1. The Hall–Kier alpha value is -2.74. The lowest BCUT2D eigenvalue weighted by Crippen LogP contribution is -2.45. The van der Waals surface area contributed by atoms with Crippen LogP contribution in [0.25, 0.3) is 0 Å². The number of carbonyl (C=O) groups is 3. The maximum Gasteiger partial charge on any atom is 0.311 e. The maximum atomic E-state index is 13.0. The lowest BCUT2D eigenvalue weighted by atomic mass is 9.74. The fourth-order valence-corrected chi connectivity index (χ4v) is 4.12. The molecule has 2 fully saturated rings. The minimum atomic E-state index is -0.946. The van der Waals surface area contributed by atoms with E-state index in [1.54, 1.807) is 29.2 Å². The van der Waals surface area contributed by atoms with Crippen LogP contribution >= 0.6 is 0 Å². The number of amides is 2. The predicted octanol–water partition coefficient (Wildman–Crippen LogP) is 1.12. The highest BCUT2D eigenvalue weighted by molar-refractivity contribution is 6.40. The normalized spacial score (nSPS) is 27.9. The monoisotopic (exact) mass is 371 g/mol. The van der Waals surface area contributed by atoms with Gasteiger partial charge in [-0.15, -0.1) is 0 Å². The van der Waals surface area contributed by atoms with Gasteiger partial charge in [-0.1, -0.05) is 18.2 Å². The summed E-state index contributed by atoms with van der Waals surface area (Å²) in [7, 11) is 0. The molecule has 0 spiro atoms. The van der Waals surface area contributed by atoms with Crippen molar-refractivity contribution in [2.75, 3.05) is 31.3 Å². The number of rotatable bonds is 3. The molecule has 2 atom stereocenters. The number of fused-ring (bicyclic) bond motifs is 1. The number of nitrogens with zero attached hydrogens (tertiary/aromatic N) is 3. The Morgan fingerprint density at radius 2 is 2.00 bits per heavy atom. The van der Waals surface area contributed by atoms with Crippen LogP contribution in [0, 0.1) is 11.3 Å². The fourth-order valence-electron chi connectivity index (χ4n) is 4.12. The van der Waals surface area contributed by atoms with Crippen LogP contribution in [-0.4, -0.2) is 59.8 Å². The Bertz CT molecular complexity index is 809. The van der Waals surface area contributed by atoms with E-state index in [9.17, 15) is 19.5 Å². The van der Waals surface area contributed by atoms with Gasteiger partial charge in [-0.25, -0.2) is 5.01 Å². The first-order valence-electron chi connectivity index (χ1n) is 9.07. The van der Waals surface area contributed by atoms with Crippen LogP contribution in [0.2, 0.25) is 0 Å². The second-order valence-electron chi connectivity index (χ2n) is 7.26. The Labute approximate surface area is 156 Å². The van der Waals surface area contributed by atoms with Gasteiger partial charge in [0.25, 0.3) is 5.91 Å². The van der Waals surface area contributed by atoms with Gasteiger partial charge in [-0.05, 0) is 18.6 Å². The summed E-state index contributed by atoms with van der Waals surface area (Å²) < 4.78 is 5.44. The number of carbonyl (C=O) groups excluding carboxylic acids is 2. The molecule has 8 heteroatoms. The van der Waals surface area contributed by atoms with E-state index in [-0.39, 0.29) is 37.1 Å². The summed E-state index contributed by atoms with van der Waals surface area (Å²) in [6.45, 7) is 1.23. The van der Waals surface area contributed by atoms with Crippen molar-refractivity contribution in [3.05, 3.63) is 30.3 Å². The molecule has 3 aliphatic rings. The number of likely N-dealkylation sites (tertiary alicyclic amines) is 1. The highest BCUT2D eigenvalue weighted by Crippen LogP contribution is 2.42. The van der Waals surface area contributed by atoms with Crippen molar-refractivity contribution in [1.82, 2.24) is 4.90 Å². The highest BCUT2D eigenvalue weighted by Gasteiger charge is 2.55. The van der Waals surface area contributed by atoms with Crippen LogP contribution in [0.5, 0.6) is 0 Å². The van der Waals surface area contributed by atoms with E-state index in [2.05, 4.69) is 5.10 Å². The van der Waals surface area contributed by atoms with Crippen LogP contribution in [-0.2, 0) is 19.1 Å². The molecular formula is C19H21N3O5. The number of ether oxygens (including phenoxy) is 1. The first kappa shape index (κ1) is 17.7. The second-order valence-corrected chi connectivity index (χ2v) is 7.26. The van der Waals surface area contributed by atoms with E-state index in [0.29, 0.717) is 37.6 Å². The van der Waals surface area contributed by atoms with Crippen molar-refractivity contribution in [3.63, 3.8) is 0 Å². The van der Waals surface area contributed by atoms with Crippen molar-refractivity contribution in [3.8, 4) is 0 Å². The van der Waals surface area contributed by atoms with Crippen LogP contribution in [0.3, 0.4) is 0 Å². The summed E-state index contributed by atoms with van der Waals surface area (Å²) in [6.07, 6.45) is 0.862. The van der Waals surface area contributed by atoms with Gasteiger partial charge in [0, 0.05) is 38.5 Å². The smallest absolute Gasteiger partial charge is 0.311 e. The molecule has 2 amide bonds. The molecule has 0 unspecified atom stereocenters. The summed E-state index contributed by atoms with van der Waals surface area (Å²) >= 11 is 0. The molecule has 3 aliphatic heterocycles. The molecule has 1 aromatic rings. The molecule has 8 nitrogen and oxygen atoms in total. The third kappa shape index (κ3) is 2.99. The van der Waals surface area contributed by atoms with Gasteiger partial charge in [-0.2, -0.15) is 5.10 Å². The van der Waals surface area contributed by atoms with Gasteiger partial charge < -0.3 is 14.7 Å². The number of anilines is 1. The molecule has 27 heavy (non-hydrogen) atoms. The largest absolute Gasteiger partial charge is 0.481 e. The van der Waals surface area contributed by atoms with Crippen molar-refractivity contribution >= 4 is 29.2 Å². The number of benzene rings is 1. The van der Waals surface area contributed by atoms with Crippen LogP contribution in [0.1, 0.15) is 19.3 Å². The minimum absolute atomic E-state index is 0.160. The molecule has 0 aliphatic carbocycles. The zero-order valence-electron chi connectivity index (χ0n) is 14.8. The Kier molecular flexibility index (Phi) is 4.43. The van der Waals surface area contributed by atoms with Gasteiger partial charge in [0.05, 0.1) is 17.7 Å². The zero-order valence-corrected chi connectivity index (χ0v) is 14.8. The van der Waals surface area contributed by atoms with E-state index < -0.39 is 11.4 Å². The van der Waals surface area contributed by atoms with Crippen molar-refractivity contribution in [1.29, 1.82) is 0 Å². The van der Waals surface area contributed by atoms with Crippen molar-refractivity contribution in [2.45, 2.75) is 19.3 Å². The lowest BCUT2D eigenvalue weighted by Gasteiger charge is -2.33. The van der Waals surface area contributed by atoms with Gasteiger partial charge in [0.15, 0.2) is 0 Å². The summed E-state index contributed by atoms with van der Waals surface area (Å²) in [6, 6.07) is 8.96. The quantitative estimate of drug-likeness (QED) is 0.858. The van der Waals surface area contributed by atoms with Crippen molar-refractivity contribution < 1.29 is 24.2 Å². The molecule has 0 saturated carbocycles. The fraction of sp³-hybridized carbons (Fsp3) is 0.474. The molecule has 1 aromatic carbocycles. The number of hydrogen-bond donors (Lipinski definition) is 1. The molecular weight excluding hydrogens is 350 g/mol. The zero-order chi connectivity index (χ0) is 19.0. The second kappa shape index (κ2) is 6.77. The SMILES string of the molecule is O=C(C1=NN(c2ccccc2)C(=O)CC1)N1C[C@H]2COCC[C@@]2(C(=O)O)C1. The molecule has 142 valence electrons. The lowest BCUT2D eigenvalue weighted by molar-refractivity contribution is -0.157. The third-order valence-electron chi connectivity index (χ3n) is 5.70. The van der Waals surface area contributed by atoms with Gasteiger partial charge >= 0.3 is 5.97 Å². The third-order valence-corrected chi connectivity index (χ3v) is 5.70. The first-order chi connectivity index (χ1) is 13.0. The summed E-state index contributed by atoms with van der Waals surface area (Å²) in [4.78, 5) is 38.7. The predicted molar refractivity (Wildman–Crippen MR) is 96.2 cm³/mol. The molecule has 4 rings (SSSR count). The summed E-state index contributed by atoms with van der Waals surface area (Å²) in [5.41, 5.74) is -0.0468. The molecule has 1 N–H and O–H groups in total. The summed E-state index contributed by atoms with van der Waals surface area (Å²) in [5, 5.41) is 15.3. The van der Waals surface area contributed by atoms with Crippen molar-refractivity contribution in [2.24, 2.45) is 16.4 Å². The van der Waals surface area contributed by atoms with Crippen LogP contribution in [0.15, 0.2) is 35.4 Å². The van der Waals surface area contributed by atoms with Gasteiger partial charge in [-0.3, -0.25) is 14.4 Å². The molecule has 0 bridgehead atoms. The minimum Gasteiger partial charge on any atom is -0.481 e. The molecule has 0 radical (unpaired) electrons.